The van der Waals surface area contributed by atoms with Crippen LogP contribution in [-0.2, 0) is 6.42 Å². The molecule has 0 saturated carbocycles. The third-order valence-corrected chi connectivity index (χ3v) is 2.31. The summed E-state index contributed by atoms with van der Waals surface area (Å²) in [7, 11) is 0. The number of aryl methyl sites for hydroxylation is 1. The Balaban J connectivity index is 2.93. The number of nitrogens with two attached hydrogens (primary N) is 1. The number of halogens is 1. The van der Waals surface area contributed by atoms with Crippen LogP contribution in [0.3, 0.4) is 0 Å². The Morgan fingerprint density at radius 2 is 2.25 bits per heavy atom. The molecule has 0 unspecified atom stereocenters. The molecule has 12 heavy (non-hydrogen) atoms. The van der Waals surface area contributed by atoms with E-state index in [1.54, 1.807) is 0 Å². The first-order valence-electron chi connectivity index (χ1n) is 3.63. The SMILES string of the molecule is Cc1cc(Br)ccc1CC(N)=S. The van der Waals surface area contributed by atoms with Crippen LogP contribution in [0.15, 0.2) is 22.7 Å². The smallest absolute Gasteiger partial charge is 0.0771 e. The van der Waals surface area contributed by atoms with Crippen LogP contribution < -0.4 is 5.73 Å². The van der Waals surface area contributed by atoms with E-state index in [1.165, 1.54) is 11.1 Å². The molecule has 3 heteroatoms. The predicted octanol–water partition coefficient (Wildman–Crippen LogP) is 2.59. The van der Waals surface area contributed by atoms with Crippen molar-refractivity contribution in [1.82, 2.24) is 0 Å². The number of rotatable bonds is 2. The molecule has 0 aliphatic carbocycles. The summed E-state index contributed by atoms with van der Waals surface area (Å²) in [5.41, 5.74) is 7.87. The molecule has 0 aliphatic rings. The summed E-state index contributed by atoms with van der Waals surface area (Å²) in [5.74, 6) is 0. The fourth-order valence-electron chi connectivity index (χ4n) is 1.05. The van der Waals surface area contributed by atoms with Crippen molar-refractivity contribution in [3.63, 3.8) is 0 Å². The lowest BCUT2D eigenvalue weighted by molar-refractivity contribution is 1.25. The van der Waals surface area contributed by atoms with Crippen LogP contribution in [-0.4, -0.2) is 4.99 Å². The van der Waals surface area contributed by atoms with Crippen LogP contribution in [0.5, 0.6) is 0 Å². The Morgan fingerprint density at radius 1 is 1.58 bits per heavy atom. The maximum atomic E-state index is 5.45. The van der Waals surface area contributed by atoms with E-state index >= 15 is 0 Å². The van der Waals surface area contributed by atoms with Crippen molar-refractivity contribution in [2.24, 2.45) is 5.73 Å². The molecule has 0 spiro atoms. The Kier molecular flexibility index (Phi) is 3.23. The van der Waals surface area contributed by atoms with Gasteiger partial charge in [0.1, 0.15) is 0 Å². The van der Waals surface area contributed by atoms with Gasteiger partial charge in [0.15, 0.2) is 0 Å². The van der Waals surface area contributed by atoms with Crippen LogP contribution in [0.4, 0.5) is 0 Å². The molecule has 0 fully saturated rings. The minimum absolute atomic E-state index is 0.542. The molecule has 0 saturated heterocycles. The van der Waals surface area contributed by atoms with Crippen LogP contribution in [0, 0.1) is 6.92 Å². The summed E-state index contributed by atoms with van der Waals surface area (Å²) >= 11 is 8.23. The average molecular weight is 244 g/mol. The predicted molar refractivity (Wildman–Crippen MR) is 59.4 cm³/mol. The highest BCUT2D eigenvalue weighted by Crippen LogP contribution is 2.16. The van der Waals surface area contributed by atoms with Gasteiger partial charge >= 0.3 is 0 Å². The van der Waals surface area contributed by atoms with Gasteiger partial charge in [-0.25, -0.2) is 0 Å². The minimum Gasteiger partial charge on any atom is -0.393 e. The van der Waals surface area contributed by atoms with Crippen molar-refractivity contribution in [2.75, 3.05) is 0 Å². The van der Waals surface area contributed by atoms with Gasteiger partial charge in [0.25, 0.3) is 0 Å². The molecule has 64 valence electrons. The molecule has 0 bridgehead atoms. The van der Waals surface area contributed by atoms with E-state index < -0.39 is 0 Å². The number of benzene rings is 1. The summed E-state index contributed by atoms with van der Waals surface area (Å²) < 4.78 is 1.09. The highest BCUT2D eigenvalue weighted by Gasteiger charge is 1.99. The van der Waals surface area contributed by atoms with E-state index in [2.05, 4.69) is 28.9 Å². The first kappa shape index (κ1) is 9.68. The molecule has 0 heterocycles. The third kappa shape index (κ3) is 2.57. The second-order valence-corrected chi connectivity index (χ2v) is 4.15. The molecule has 0 aromatic heterocycles. The van der Waals surface area contributed by atoms with Crippen LogP contribution >= 0.6 is 28.1 Å². The summed E-state index contributed by atoms with van der Waals surface area (Å²) in [5, 5.41) is 0. The number of thiocarbonyl (C=S) groups is 1. The largest absolute Gasteiger partial charge is 0.393 e. The molecule has 0 amide bonds. The normalized spacial score (nSPS) is 9.83. The minimum atomic E-state index is 0.542. The third-order valence-electron chi connectivity index (χ3n) is 1.67. The lowest BCUT2D eigenvalue weighted by Gasteiger charge is -2.04. The second-order valence-electron chi connectivity index (χ2n) is 2.71. The molecule has 1 nitrogen and oxygen atoms in total. The first-order chi connectivity index (χ1) is 5.59. The van der Waals surface area contributed by atoms with Gasteiger partial charge in [-0.05, 0) is 30.2 Å². The fourth-order valence-corrected chi connectivity index (χ4v) is 1.68. The first-order valence-corrected chi connectivity index (χ1v) is 4.83. The molecule has 0 radical (unpaired) electrons. The van der Waals surface area contributed by atoms with E-state index in [1.807, 2.05) is 12.1 Å². The highest BCUT2D eigenvalue weighted by atomic mass is 79.9. The number of hydrogen-bond donors (Lipinski definition) is 1. The fraction of sp³-hybridized carbons (Fsp3) is 0.222. The molecule has 2 N–H and O–H groups in total. The standard InChI is InChI=1S/C9H10BrNS/c1-6-4-8(10)3-2-7(6)5-9(11)12/h2-4H,5H2,1H3,(H2,11,12). The van der Waals surface area contributed by atoms with Gasteiger partial charge in [0, 0.05) is 10.9 Å². The van der Waals surface area contributed by atoms with E-state index in [4.69, 9.17) is 18.0 Å². The lowest BCUT2D eigenvalue weighted by atomic mass is 10.1. The highest BCUT2D eigenvalue weighted by molar-refractivity contribution is 9.10. The molecular weight excluding hydrogens is 234 g/mol. The van der Waals surface area contributed by atoms with Gasteiger partial charge in [-0.3, -0.25) is 0 Å². The monoisotopic (exact) mass is 243 g/mol. The van der Waals surface area contributed by atoms with Crippen molar-refractivity contribution in [2.45, 2.75) is 13.3 Å². The van der Waals surface area contributed by atoms with E-state index in [-0.39, 0.29) is 0 Å². The number of hydrogen-bond acceptors (Lipinski definition) is 1. The van der Waals surface area contributed by atoms with Crippen molar-refractivity contribution >= 4 is 33.1 Å². The van der Waals surface area contributed by atoms with E-state index in [9.17, 15) is 0 Å². The average Bonchev–Trinajstić information content (AvgIpc) is 1.94. The van der Waals surface area contributed by atoms with Crippen molar-refractivity contribution in [1.29, 1.82) is 0 Å². The molecular formula is C9H10BrNS. The summed E-state index contributed by atoms with van der Waals surface area (Å²) in [4.78, 5) is 0.542. The van der Waals surface area contributed by atoms with Gasteiger partial charge in [0.2, 0.25) is 0 Å². The van der Waals surface area contributed by atoms with Gasteiger partial charge in [-0.1, -0.05) is 34.2 Å². The second kappa shape index (κ2) is 4.01. The van der Waals surface area contributed by atoms with Gasteiger partial charge in [-0.2, -0.15) is 0 Å². The Bertz CT molecular complexity index is 309. The zero-order valence-corrected chi connectivity index (χ0v) is 9.21. The molecule has 0 aliphatic heterocycles. The molecule has 0 atom stereocenters. The Labute approximate surface area is 86.1 Å². The maximum absolute atomic E-state index is 5.45. The summed E-state index contributed by atoms with van der Waals surface area (Å²) in [6, 6.07) is 6.10. The summed E-state index contributed by atoms with van der Waals surface area (Å²) in [6.45, 7) is 2.05. The Morgan fingerprint density at radius 3 is 2.75 bits per heavy atom. The van der Waals surface area contributed by atoms with Gasteiger partial charge in [-0.15, -0.1) is 0 Å². The van der Waals surface area contributed by atoms with E-state index in [0.29, 0.717) is 11.4 Å². The van der Waals surface area contributed by atoms with Gasteiger partial charge < -0.3 is 5.73 Å². The molecule has 1 aromatic rings. The molecule has 1 rings (SSSR count). The van der Waals surface area contributed by atoms with Crippen LogP contribution in [0.25, 0.3) is 0 Å². The zero-order valence-electron chi connectivity index (χ0n) is 6.80. The molecule has 1 aromatic carbocycles. The van der Waals surface area contributed by atoms with Crippen molar-refractivity contribution in [3.05, 3.63) is 33.8 Å². The van der Waals surface area contributed by atoms with Crippen molar-refractivity contribution in [3.8, 4) is 0 Å². The van der Waals surface area contributed by atoms with Crippen LogP contribution in [0.2, 0.25) is 0 Å². The maximum Gasteiger partial charge on any atom is 0.0771 e. The quantitative estimate of drug-likeness (QED) is 0.809. The van der Waals surface area contributed by atoms with E-state index in [0.717, 1.165) is 4.47 Å². The zero-order chi connectivity index (χ0) is 9.14. The topological polar surface area (TPSA) is 26.0 Å². The Hall–Kier alpha value is -0.410. The van der Waals surface area contributed by atoms with Crippen molar-refractivity contribution < 1.29 is 0 Å². The van der Waals surface area contributed by atoms with Crippen LogP contribution in [0.1, 0.15) is 11.1 Å². The lowest BCUT2D eigenvalue weighted by Crippen LogP contribution is -2.11. The summed E-state index contributed by atoms with van der Waals surface area (Å²) in [6.07, 6.45) is 0.689. The van der Waals surface area contributed by atoms with Gasteiger partial charge in [0.05, 0.1) is 4.99 Å².